The van der Waals surface area contributed by atoms with Crippen LogP contribution in [0.4, 0.5) is 0 Å². The largest absolute Gasteiger partial charge is 0.316 e. The molecule has 2 nitrogen and oxygen atoms in total. The highest BCUT2D eigenvalue weighted by Gasteiger charge is 2.29. The summed E-state index contributed by atoms with van der Waals surface area (Å²) in [6.07, 6.45) is 8.47. The molecule has 16 heavy (non-hydrogen) atoms. The maximum absolute atomic E-state index is 5.97. The van der Waals surface area contributed by atoms with E-state index in [4.69, 9.17) is 11.6 Å². The van der Waals surface area contributed by atoms with Gasteiger partial charge < -0.3 is 5.32 Å². The molecule has 84 valence electrons. The first-order valence-corrected chi connectivity index (χ1v) is 6.23. The molecule has 0 amide bonds. The van der Waals surface area contributed by atoms with E-state index in [1.165, 1.54) is 24.1 Å². The summed E-state index contributed by atoms with van der Waals surface area (Å²) >= 11 is 5.97. The van der Waals surface area contributed by atoms with Crippen molar-refractivity contribution in [3.8, 4) is 0 Å². The number of nitrogens with one attached hydrogen (secondary N) is 1. The van der Waals surface area contributed by atoms with Crippen LogP contribution in [0, 0.1) is 11.8 Å². The van der Waals surface area contributed by atoms with Crippen LogP contribution in [0.15, 0.2) is 24.5 Å². The number of allylic oxidation sites excluding steroid dienone is 1. The molecule has 1 saturated heterocycles. The maximum atomic E-state index is 5.97. The van der Waals surface area contributed by atoms with Crippen molar-refractivity contribution >= 4 is 17.2 Å². The average Bonchev–Trinajstić information content (AvgIpc) is 2.75. The van der Waals surface area contributed by atoms with Gasteiger partial charge in [-0.1, -0.05) is 17.7 Å². The Balaban J connectivity index is 1.90. The van der Waals surface area contributed by atoms with E-state index in [2.05, 4.69) is 16.4 Å². The number of hydrogen-bond donors (Lipinski definition) is 1. The summed E-state index contributed by atoms with van der Waals surface area (Å²) in [5.41, 5.74) is 2.61. The van der Waals surface area contributed by atoms with Crippen LogP contribution in [0.25, 0.3) is 5.57 Å². The molecule has 1 aromatic rings. The lowest BCUT2D eigenvalue weighted by Gasteiger charge is -2.23. The number of pyridine rings is 1. The van der Waals surface area contributed by atoms with Gasteiger partial charge in [0.25, 0.3) is 0 Å². The molecular weight excluding hydrogens is 220 g/mol. The second kappa shape index (κ2) is 4.19. The standard InChI is InChI=1S/C13H15ClN2/c14-13-4-12(7-16-8-13)9-1-2-10-5-15-6-11(10)3-9/h3-4,7-8,10-11,15H,1-2,5-6H2/t10-,11+/m1/s1. The topological polar surface area (TPSA) is 24.9 Å². The van der Waals surface area contributed by atoms with Gasteiger partial charge in [0.15, 0.2) is 0 Å². The second-order valence-electron chi connectivity index (χ2n) is 4.70. The zero-order valence-corrected chi connectivity index (χ0v) is 9.87. The van der Waals surface area contributed by atoms with Crippen LogP contribution in [-0.2, 0) is 0 Å². The molecule has 2 atom stereocenters. The molecule has 3 heteroatoms. The highest BCUT2D eigenvalue weighted by Crippen LogP contribution is 2.35. The van der Waals surface area contributed by atoms with E-state index in [1.807, 2.05) is 12.3 Å². The van der Waals surface area contributed by atoms with Crippen LogP contribution >= 0.6 is 11.6 Å². The van der Waals surface area contributed by atoms with E-state index in [-0.39, 0.29) is 0 Å². The van der Waals surface area contributed by atoms with Gasteiger partial charge in [0, 0.05) is 18.9 Å². The fourth-order valence-electron chi connectivity index (χ4n) is 2.78. The number of aromatic nitrogens is 1. The van der Waals surface area contributed by atoms with E-state index in [1.54, 1.807) is 6.20 Å². The Bertz CT molecular complexity index is 428. The zero-order chi connectivity index (χ0) is 11.0. The third-order valence-electron chi connectivity index (χ3n) is 3.67. The molecular formula is C13H15ClN2. The third kappa shape index (κ3) is 1.87. The monoisotopic (exact) mass is 234 g/mol. The summed E-state index contributed by atoms with van der Waals surface area (Å²) in [5.74, 6) is 1.55. The molecule has 1 aromatic heterocycles. The quantitative estimate of drug-likeness (QED) is 0.808. The van der Waals surface area contributed by atoms with E-state index < -0.39 is 0 Å². The van der Waals surface area contributed by atoms with Crippen molar-refractivity contribution in [2.45, 2.75) is 12.8 Å². The van der Waals surface area contributed by atoms with Gasteiger partial charge >= 0.3 is 0 Å². The molecule has 1 fully saturated rings. The Hall–Kier alpha value is -0.860. The molecule has 0 saturated carbocycles. The van der Waals surface area contributed by atoms with Crippen LogP contribution < -0.4 is 5.32 Å². The smallest absolute Gasteiger partial charge is 0.0595 e. The molecule has 1 N–H and O–H groups in total. The lowest BCUT2D eigenvalue weighted by atomic mass is 9.81. The van der Waals surface area contributed by atoms with Crippen LogP contribution in [0.5, 0.6) is 0 Å². The van der Waals surface area contributed by atoms with Gasteiger partial charge in [-0.2, -0.15) is 0 Å². The van der Waals surface area contributed by atoms with Crippen molar-refractivity contribution in [3.63, 3.8) is 0 Å². The summed E-state index contributed by atoms with van der Waals surface area (Å²) in [5, 5.41) is 4.19. The van der Waals surface area contributed by atoms with E-state index in [0.29, 0.717) is 5.92 Å². The van der Waals surface area contributed by atoms with Crippen LogP contribution in [0.1, 0.15) is 18.4 Å². The Kier molecular flexibility index (Phi) is 2.70. The first kappa shape index (κ1) is 10.3. The average molecular weight is 235 g/mol. The number of fused-ring (bicyclic) bond motifs is 1. The summed E-state index contributed by atoms with van der Waals surface area (Å²) in [7, 11) is 0. The van der Waals surface area contributed by atoms with Gasteiger partial charge in [-0.25, -0.2) is 0 Å². The molecule has 1 aliphatic carbocycles. The normalized spacial score (nSPS) is 28.7. The second-order valence-corrected chi connectivity index (χ2v) is 5.14. The lowest BCUT2D eigenvalue weighted by Crippen LogP contribution is -2.15. The Morgan fingerprint density at radius 2 is 2.25 bits per heavy atom. The molecule has 2 heterocycles. The van der Waals surface area contributed by atoms with Crippen LogP contribution in [0.3, 0.4) is 0 Å². The van der Waals surface area contributed by atoms with Crippen molar-refractivity contribution in [2.24, 2.45) is 11.8 Å². The highest BCUT2D eigenvalue weighted by molar-refractivity contribution is 6.30. The molecule has 0 unspecified atom stereocenters. The van der Waals surface area contributed by atoms with Gasteiger partial charge in [-0.05, 0) is 48.4 Å². The number of nitrogens with zero attached hydrogens (tertiary/aromatic N) is 1. The summed E-state index contributed by atoms with van der Waals surface area (Å²) in [6, 6.07) is 2.02. The molecule has 0 radical (unpaired) electrons. The summed E-state index contributed by atoms with van der Waals surface area (Å²) in [6.45, 7) is 2.31. The number of halogens is 1. The van der Waals surface area contributed by atoms with Crippen LogP contribution in [-0.4, -0.2) is 18.1 Å². The zero-order valence-electron chi connectivity index (χ0n) is 9.12. The van der Waals surface area contributed by atoms with Gasteiger partial charge in [-0.15, -0.1) is 0 Å². The fraction of sp³-hybridized carbons (Fsp3) is 0.462. The van der Waals surface area contributed by atoms with E-state index >= 15 is 0 Å². The summed E-state index contributed by atoms with van der Waals surface area (Å²) in [4.78, 5) is 4.16. The number of hydrogen-bond acceptors (Lipinski definition) is 2. The molecule has 0 aromatic carbocycles. The van der Waals surface area contributed by atoms with Gasteiger partial charge in [0.1, 0.15) is 0 Å². The lowest BCUT2D eigenvalue weighted by molar-refractivity contribution is 0.448. The summed E-state index contributed by atoms with van der Waals surface area (Å²) < 4.78 is 0. The van der Waals surface area contributed by atoms with Crippen molar-refractivity contribution in [1.29, 1.82) is 0 Å². The van der Waals surface area contributed by atoms with Gasteiger partial charge in [-0.3, -0.25) is 4.98 Å². The Morgan fingerprint density at radius 3 is 3.12 bits per heavy atom. The molecule has 0 bridgehead atoms. The molecule has 0 spiro atoms. The minimum absolute atomic E-state index is 0.711. The SMILES string of the molecule is Clc1cncc(C2=C[C@H]3CNC[C@H]3CC2)c1. The minimum Gasteiger partial charge on any atom is -0.316 e. The first-order chi connectivity index (χ1) is 7.83. The van der Waals surface area contributed by atoms with Crippen molar-refractivity contribution < 1.29 is 0 Å². The molecule has 2 aliphatic rings. The van der Waals surface area contributed by atoms with E-state index in [0.717, 1.165) is 23.9 Å². The van der Waals surface area contributed by atoms with Crippen LogP contribution in [0.2, 0.25) is 5.02 Å². The predicted molar refractivity (Wildman–Crippen MR) is 66.3 cm³/mol. The van der Waals surface area contributed by atoms with Crippen molar-refractivity contribution in [3.05, 3.63) is 35.1 Å². The number of rotatable bonds is 1. The minimum atomic E-state index is 0.711. The Labute approximate surface area is 101 Å². The van der Waals surface area contributed by atoms with E-state index in [9.17, 15) is 0 Å². The van der Waals surface area contributed by atoms with Gasteiger partial charge in [0.05, 0.1) is 5.02 Å². The predicted octanol–water partition coefficient (Wildman–Crippen LogP) is 2.75. The van der Waals surface area contributed by atoms with Crippen molar-refractivity contribution in [1.82, 2.24) is 10.3 Å². The van der Waals surface area contributed by atoms with Gasteiger partial charge in [0.2, 0.25) is 0 Å². The fourth-order valence-corrected chi connectivity index (χ4v) is 2.95. The molecule has 1 aliphatic heterocycles. The third-order valence-corrected chi connectivity index (χ3v) is 3.87. The highest BCUT2D eigenvalue weighted by atomic mass is 35.5. The maximum Gasteiger partial charge on any atom is 0.0595 e. The first-order valence-electron chi connectivity index (χ1n) is 5.85. The Morgan fingerprint density at radius 1 is 1.31 bits per heavy atom. The molecule has 3 rings (SSSR count). The van der Waals surface area contributed by atoms with Crippen molar-refractivity contribution in [2.75, 3.05) is 13.1 Å².